The number of benzene rings is 6. The summed E-state index contributed by atoms with van der Waals surface area (Å²) in [6.07, 6.45) is 6.16. The third-order valence-electron chi connectivity index (χ3n) is 9.61. The maximum atomic E-state index is 2.39. The lowest BCUT2D eigenvalue weighted by Gasteiger charge is -2.39. The summed E-state index contributed by atoms with van der Waals surface area (Å²) in [7, 11) is 0. The van der Waals surface area contributed by atoms with Crippen LogP contribution >= 0.6 is 0 Å². The molecule has 6 aromatic rings. The number of rotatable bonds is 8. The number of hydrogen-bond acceptors (Lipinski definition) is 2. The van der Waals surface area contributed by atoms with Crippen LogP contribution in [-0.2, 0) is 5.41 Å². The molecule has 0 unspecified atom stereocenters. The second-order valence-electron chi connectivity index (χ2n) is 12.8. The first-order valence-electron chi connectivity index (χ1n) is 16.7. The van der Waals surface area contributed by atoms with Gasteiger partial charge in [0.05, 0.1) is 0 Å². The molecule has 1 saturated carbocycles. The zero-order valence-electron chi connectivity index (χ0n) is 26.9. The van der Waals surface area contributed by atoms with Gasteiger partial charge in [0.2, 0.25) is 0 Å². The molecule has 0 atom stereocenters. The van der Waals surface area contributed by atoms with Gasteiger partial charge in [0.25, 0.3) is 0 Å². The fourth-order valence-electron chi connectivity index (χ4n) is 7.34. The number of anilines is 6. The highest BCUT2D eigenvalue weighted by Gasteiger charge is 2.36. The van der Waals surface area contributed by atoms with E-state index in [-0.39, 0.29) is 5.41 Å². The van der Waals surface area contributed by atoms with Crippen LogP contribution in [0.15, 0.2) is 158 Å². The maximum Gasteiger partial charge on any atom is 0.0464 e. The molecule has 0 saturated heterocycles. The van der Waals surface area contributed by atoms with Gasteiger partial charge in [-0.25, -0.2) is 0 Å². The van der Waals surface area contributed by atoms with Crippen LogP contribution in [-0.4, -0.2) is 0 Å². The molecule has 0 heterocycles. The van der Waals surface area contributed by atoms with E-state index in [0.29, 0.717) is 0 Å². The first kappa shape index (κ1) is 29.6. The lowest BCUT2D eigenvalue weighted by Crippen LogP contribution is -2.30. The monoisotopic (exact) mass is 598 g/mol. The van der Waals surface area contributed by atoms with Gasteiger partial charge in [0, 0.05) is 39.5 Å². The highest BCUT2D eigenvalue weighted by atomic mass is 15.1. The molecule has 2 nitrogen and oxygen atoms in total. The highest BCUT2D eigenvalue weighted by Crippen LogP contribution is 2.47. The summed E-state index contributed by atoms with van der Waals surface area (Å²) in [6.45, 7) is 4.32. The van der Waals surface area contributed by atoms with Crippen LogP contribution in [0, 0.1) is 13.8 Å². The minimum Gasteiger partial charge on any atom is -0.310 e. The molecule has 6 aromatic carbocycles. The van der Waals surface area contributed by atoms with Crippen molar-refractivity contribution in [1.82, 2.24) is 0 Å². The van der Waals surface area contributed by atoms with Crippen molar-refractivity contribution in [3.05, 3.63) is 180 Å². The number of aryl methyl sites for hydroxylation is 2. The average molecular weight is 599 g/mol. The molecule has 228 valence electrons. The molecule has 1 aliphatic rings. The fourth-order valence-corrected chi connectivity index (χ4v) is 7.34. The molecule has 1 aliphatic carbocycles. The SMILES string of the molecule is Cc1cccc(N(c2ccccc2)c2ccc(C3(c4ccc(N(c5ccccc5)c5cccc(C)c5)cc4)CCCCC3)cc2)c1. The fraction of sp³-hybridized carbons (Fsp3) is 0.182. The van der Waals surface area contributed by atoms with Crippen LogP contribution < -0.4 is 9.80 Å². The van der Waals surface area contributed by atoms with Crippen LogP contribution in [0.4, 0.5) is 34.1 Å². The lowest BCUT2D eigenvalue weighted by atomic mass is 9.65. The lowest BCUT2D eigenvalue weighted by molar-refractivity contribution is 0.346. The van der Waals surface area contributed by atoms with E-state index in [2.05, 4.69) is 181 Å². The number of para-hydroxylation sites is 2. The van der Waals surface area contributed by atoms with Crippen LogP contribution in [0.25, 0.3) is 0 Å². The van der Waals surface area contributed by atoms with E-state index in [4.69, 9.17) is 0 Å². The van der Waals surface area contributed by atoms with Crippen LogP contribution in [0.3, 0.4) is 0 Å². The minimum absolute atomic E-state index is 0.0110. The van der Waals surface area contributed by atoms with Crippen molar-refractivity contribution in [2.75, 3.05) is 9.80 Å². The molecule has 0 amide bonds. The van der Waals surface area contributed by atoms with Gasteiger partial charge in [-0.1, -0.05) is 104 Å². The topological polar surface area (TPSA) is 6.48 Å². The summed E-state index contributed by atoms with van der Waals surface area (Å²) in [4.78, 5) is 4.73. The predicted molar refractivity (Wildman–Crippen MR) is 196 cm³/mol. The Kier molecular flexibility index (Phi) is 8.44. The van der Waals surface area contributed by atoms with Gasteiger partial charge < -0.3 is 9.80 Å². The molecule has 0 N–H and O–H groups in total. The van der Waals surface area contributed by atoms with Crippen molar-refractivity contribution in [1.29, 1.82) is 0 Å². The smallest absolute Gasteiger partial charge is 0.0464 e. The van der Waals surface area contributed by atoms with E-state index < -0.39 is 0 Å². The first-order chi connectivity index (χ1) is 22.6. The van der Waals surface area contributed by atoms with E-state index in [1.807, 2.05) is 0 Å². The highest BCUT2D eigenvalue weighted by molar-refractivity contribution is 5.78. The maximum absolute atomic E-state index is 2.39. The summed E-state index contributed by atoms with van der Waals surface area (Å²) in [5.41, 5.74) is 12.4. The largest absolute Gasteiger partial charge is 0.310 e. The quantitative estimate of drug-likeness (QED) is 0.172. The molecule has 0 bridgehead atoms. The Morgan fingerprint density at radius 2 is 0.739 bits per heavy atom. The zero-order chi connectivity index (χ0) is 31.3. The van der Waals surface area contributed by atoms with Gasteiger partial charge in [-0.3, -0.25) is 0 Å². The van der Waals surface area contributed by atoms with Crippen molar-refractivity contribution in [2.45, 2.75) is 51.4 Å². The molecule has 0 radical (unpaired) electrons. The van der Waals surface area contributed by atoms with E-state index >= 15 is 0 Å². The zero-order valence-corrected chi connectivity index (χ0v) is 26.9. The molecule has 1 fully saturated rings. The Hall–Kier alpha value is -5.08. The van der Waals surface area contributed by atoms with Crippen LogP contribution in [0.2, 0.25) is 0 Å². The number of nitrogens with zero attached hydrogens (tertiary/aromatic N) is 2. The van der Waals surface area contributed by atoms with Gasteiger partial charge in [-0.05, 0) is 122 Å². The molecule has 46 heavy (non-hydrogen) atoms. The molecule has 0 spiro atoms. The average Bonchev–Trinajstić information content (AvgIpc) is 3.11. The summed E-state index contributed by atoms with van der Waals surface area (Å²) in [5.74, 6) is 0. The van der Waals surface area contributed by atoms with Crippen molar-refractivity contribution in [3.8, 4) is 0 Å². The number of hydrogen-bond donors (Lipinski definition) is 0. The predicted octanol–water partition coefficient (Wildman–Crippen LogP) is 12.5. The van der Waals surface area contributed by atoms with Gasteiger partial charge in [-0.2, -0.15) is 0 Å². The summed E-state index contributed by atoms with van der Waals surface area (Å²) in [6, 6.07) is 57.8. The molecule has 0 aromatic heterocycles. The Balaban J connectivity index is 1.26. The Morgan fingerprint density at radius 3 is 1.13 bits per heavy atom. The van der Waals surface area contributed by atoms with Crippen LogP contribution in [0.1, 0.15) is 54.4 Å². The summed E-state index contributed by atoms with van der Waals surface area (Å²) < 4.78 is 0. The van der Waals surface area contributed by atoms with Crippen molar-refractivity contribution < 1.29 is 0 Å². The first-order valence-corrected chi connectivity index (χ1v) is 16.7. The Morgan fingerprint density at radius 1 is 0.370 bits per heavy atom. The van der Waals surface area contributed by atoms with E-state index in [0.717, 1.165) is 0 Å². The summed E-state index contributed by atoms with van der Waals surface area (Å²) >= 11 is 0. The molecular formula is C44H42N2. The van der Waals surface area contributed by atoms with E-state index in [1.54, 1.807) is 0 Å². The summed E-state index contributed by atoms with van der Waals surface area (Å²) in [5, 5.41) is 0. The molecule has 2 heteroatoms. The van der Waals surface area contributed by atoms with Crippen molar-refractivity contribution >= 4 is 34.1 Å². The van der Waals surface area contributed by atoms with Gasteiger partial charge in [-0.15, -0.1) is 0 Å². The van der Waals surface area contributed by atoms with Crippen molar-refractivity contribution in [3.63, 3.8) is 0 Å². The molecule has 0 aliphatic heterocycles. The second-order valence-corrected chi connectivity index (χ2v) is 12.8. The van der Waals surface area contributed by atoms with Crippen LogP contribution in [0.5, 0.6) is 0 Å². The van der Waals surface area contributed by atoms with E-state index in [1.165, 1.54) is 88.5 Å². The Labute approximate surface area is 274 Å². The standard InChI is InChI=1S/C44H42N2/c1-34-14-12-20-42(32-34)45(38-16-6-3-7-17-38)40-26-22-36(23-27-40)44(30-10-5-11-31-44)37-24-28-41(29-25-37)46(39-18-8-4-9-19-39)43-21-13-15-35(2)33-43/h3-4,6-9,12-29,32-33H,5,10-11,30-31H2,1-2H3. The van der Waals surface area contributed by atoms with Gasteiger partial charge >= 0.3 is 0 Å². The third kappa shape index (κ3) is 5.96. The van der Waals surface area contributed by atoms with Gasteiger partial charge in [0.1, 0.15) is 0 Å². The second kappa shape index (κ2) is 13.1. The minimum atomic E-state index is 0.0110. The van der Waals surface area contributed by atoms with E-state index in [9.17, 15) is 0 Å². The van der Waals surface area contributed by atoms with Gasteiger partial charge in [0.15, 0.2) is 0 Å². The molecular weight excluding hydrogens is 556 g/mol. The third-order valence-corrected chi connectivity index (χ3v) is 9.61. The normalized spacial score (nSPS) is 14.0. The van der Waals surface area contributed by atoms with Crippen molar-refractivity contribution in [2.24, 2.45) is 0 Å². The Bertz CT molecular complexity index is 1740. The molecule has 7 rings (SSSR count).